The summed E-state index contributed by atoms with van der Waals surface area (Å²) >= 11 is 1.51. The van der Waals surface area contributed by atoms with Crippen LogP contribution in [0.3, 0.4) is 0 Å². The minimum Gasteiger partial charge on any atom is -0.322 e. The number of aryl methyl sites for hydroxylation is 1. The highest BCUT2D eigenvalue weighted by Crippen LogP contribution is 2.22. The molecule has 0 fully saturated rings. The Balaban J connectivity index is 2.81. The van der Waals surface area contributed by atoms with Crippen molar-refractivity contribution >= 4 is 21.2 Å². The van der Waals surface area contributed by atoms with E-state index in [2.05, 4.69) is 0 Å². The van der Waals surface area contributed by atoms with Crippen LogP contribution < -0.4 is 5.73 Å². The SMILES string of the molecule is Cc1ccsc1[C@@H](N)CS(C)(=O)=O. The first-order valence-corrected chi connectivity index (χ1v) is 6.81. The molecule has 0 saturated heterocycles. The van der Waals surface area contributed by atoms with E-state index in [1.54, 1.807) is 0 Å². The van der Waals surface area contributed by atoms with Crippen LogP contribution >= 0.6 is 11.3 Å². The maximum absolute atomic E-state index is 11.0. The number of hydrogen-bond donors (Lipinski definition) is 1. The number of sulfone groups is 1. The summed E-state index contributed by atoms with van der Waals surface area (Å²) in [6, 6.07) is 1.57. The molecular weight excluding hydrogens is 206 g/mol. The van der Waals surface area contributed by atoms with E-state index in [4.69, 9.17) is 5.73 Å². The van der Waals surface area contributed by atoms with E-state index in [-0.39, 0.29) is 11.8 Å². The van der Waals surface area contributed by atoms with Crippen molar-refractivity contribution in [3.8, 4) is 0 Å². The van der Waals surface area contributed by atoms with Gasteiger partial charge >= 0.3 is 0 Å². The predicted octanol–water partition coefficient (Wildman–Crippen LogP) is 1.10. The van der Waals surface area contributed by atoms with Crippen LogP contribution in [-0.2, 0) is 9.84 Å². The van der Waals surface area contributed by atoms with Crippen LogP contribution in [0.5, 0.6) is 0 Å². The molecule has 0 radical (unpaired) electrons. The molecule has 0 aromatic carbocycles. The molecule has 0 spiro atoms. The molecule has 1 heterocycles. The fourth-order valence-electron chi connectivity index (χ4n) is 1.17. The van der Waals surface area contributed by atoms with E-state index in [1.165, 1.54) is 17.6 Å². The van der Waals surface area contributed by atoms with E-state index in [1.807, 2.05) is 18.4 Å². The van der Waals surface area contributed by atoms with Crippen LogP contribution in [0.1, 0.15) is 16.5 Å². The summed E-state index contributed by atoms with van der Waals surface area (Å²) in [6.07, 6.45) is 1.20. The lowest BCUT2D eigenvalue weighted by molar-refractivity contribution is 0.595. The van der Waals surface area contributed by atoms with Crippen LogP contribution in [-0.4, -0.2) is 20.4 Å². The third-order valence-corrected chi connectivity index (χ3v) is 3.84. The van der Waals surface area contributed by atoms with Crippen molar-refractivity contribution in [2.24, 2.45) is 5.73 Å². The molecule has 0 bridgehead atoms. The van der Waals surface area contributed by atoms with Gasteiger partial charge in [0.25, 0.3) is 0 Å². The Kier molecular flexibility index (Phi) is 3.10. The molecule has 0 aliphatic heterocycles. The molecule has 5 heteroatoms. The average molecular weight is 219 g/mol. The maximum Gasteiger partial charge on any atom is 0.149 e. The van der Waals surface area contributed by atoms with E-state index >= 15 is 0 Å². The summed E-state index contributed by atoms with van der Waals surface area (Å²) < 4.78 is 21.9. The molecule has 0 amide bonds. The number of rotatable bonds is 3. The molecule has 1 aromatic rings. The van der Waals surface area contributed by atoms with Gasteiger partial charge in [0.05, 0.1) is 11.8 Å². The molecule has 74 valence electrons. The van der Waals surface area contributed by atoms with E-state index in [0.29, 0.717) is 0 Å². The Hall–Kier alpha value is -0.390. The second-order valence-electron chi connectivity index (χ2n) is 3.17. The minimum atomic E-state index is -2.98. The Bertz CT molecular complexity index is 381. The maximum atomic E-state index is 11.0. The summed E-state index contributed by atoms with van der Waals surface area (Å²) in [5, 5.41) is 1.92. The fourth-order valence-corrected chi connectivity index (χ4v) is 3.02. The lowest BCUT2D eigenvalue weighted by atomic mass is 10.2. The molecular formula is C8H13NO2S2. The van der Waals surface area contributed by atoms with Gasteiger partial charge in [-0.15, -0.1) is 11.3 Å². The number of hydrogen-bond acceptors (Lipinski definition) is 4. The molecule has 1 rings (SSSR count). The number of thiophene rings is 1. The van der Waals surface area contributed by atoms with Crippen LogP contribution in [0.15, 0.2) is 11.4 Å². The molecule has 13 heavy (non-hydrogen) atoms. The van der Waals surface area contributed by atoms with Crippen molar-refractivity contribution in [3.63, 3.8) is 0 Å². The fraction of sp³-hybridized carbons (Fsp3) is 0.500. The van der Waals surface area contributed by atoms with E-state index in [0.717, 1.165) is 10.4 Å². The Labute approximate surface area is 82.5 Å². The Morgan fingerprint density at radius 3 is 2.62 bits per heavy atom. The molecule has 0 aliphatic rings. The molecule has 0 saturated carbocycles. The zero-order valence-electron chi connectivity index (χ0n) is 7.65. The molecule has 0 unspecified atom stereocenters. The Morgan fingerprint density at radius 2 is 2.23 bits per heavy atom. The van der Waals surface area contributed by atoms with Crippen molar-refractivity contribution in [2.75, 3.05) is 12.0 Å². The van der Waals surface area contributed by atoms with Gasteiger partial charge in [-0.2, -0.15) is 0 Å². The Morgan fingerprint density at radius 1 is 1.62 bits per heavy atom. The molecule has 1 atom stereocenters. The van der Waals surface area contributed by atoms with Crippen LogP contribution in [0.25, 0.3) is 0 Å². The third-order valence-electron chi connectivity index (χ3n) is 1.72. The monoisotopic (exact) mass is 219 g/mol. The molecule has 3 nitrogen and oxygen atoms in total. The van der Waals surface area contributed by atoms with Gasteiger partial charge in [-0.3, -0.25) is 0 Å². The second kappa shape index (κ2) is 3.77. The summed E-state index contributed by atoms with van der Waals surface area (Å²) in [7, 11) is -2.98. The van der Waals surface area contributed by atoms with Crippen molar-refractivity contribution in [1.82, 2.24) is 0 Å². The van der Waals surface area contributed by atoms with Gasteiger partial charge < -0.3 is 5.73 Å². The summed E-state index contributed by atoms with van der Waals surface area (Å²) in [5.41, 5.74) is 6.83. The molecule has 1 aromatic heterocycles. The van der Waals surface area contributed by atoms with Crippen molar-refractivity contribution in [3.05, 3.63) is 21.9 Å². The first-order chi connectivity index (χ1) is 5.90. The highest BCUT2D eigenvalue weighted by molar-refractivity contribution is 7.90. The first kappa shape index (κ1) is 10.7. The van der Waals surface area contributed by atoms with Crippen LogP contribution in [0.2, 0.25) is 0 Å². The van der Waals surface area contributed by atoms with E-state index < -0.39 is 9.84 Å². The van der Waals surface area contributed by atoms with Crippen LogP contribution in [0.4, 0.5) is 0 Å². The van der Waals surface area contributed by atoms with Crippen LogP contribution in [0, 0.1) is 6.92 Å². The van der Waals surface area contributed by atoms with Gasteiger partial charge in [-0.25, -0.2) is 8.42 Å². The standard InChI is InChI=1S/C8H13NO2S2/c1-6-3-4-12-8(6)7(9)5-13(2,10)11/h3-4,7H,5,9H2,1-2H3/t7-/m0/s1. The highest BCUT2D eigenvalue weighted by atomic mass is 32.2. The van der Waals surface area contributed by atoms with Crippen molar-refractivity contribution < 1.29 is 8.42 Å². The van der Waals surface area contributed by atoms with Gasteiger partial charge in [-0.05, 0) is 23.9 Å². The normalized spacial score (nSPS) is 14.4. The smallest absolute Gasteiger partial charge is 0.149 e. The van der Waals surface area contributed by atoms with Gasteiger partial charge in [-0.1, -0.05) is 0 Å². The molecule has 0 aliphatic carbocycles. The lowest BCUT2D eigenvalue weighted by Gasteiger charge is -2.08. The molecule has 2 N–H and O–H groups in total. The first-order valence-electron chi connectivity index (χ1n) is 3.87. The summed E-state index contributed by atoms with van der Waals surface area (Å²) in [6.45, 7) is 1.94. The van der Waals surface area contributed by atoms with Crippen molar-refractivity contribution in [2.45, 2.75) is 13.0 Å². The van der Waals surface area contributed by atoms with Gasteiger partial charge in [0.15, 0.2) is 0 Å². The number of nitrogens with two attached hydrogens (primary N) is 1. The van der Waals surface area contributed by atoms with Gasteiger partial charge in [0, 0.05) is 11.1 Å². The average Bonchev–Trinajstić information content (AvgIpc) is 2.30. The zero-order valence-corrected chi connectivity index (χ0v) is 9.28. The van der Waals surface area contributed by atoms with Gasteiger partial charge in [0.2, 0.25) is 0 Å². The quantitative estimate of drug-likeness (QED) is 0.828. The van der Waals surface area contributed by atoms with Gasteiger partial charge in [0.1, 0.15) is 9.84 Å². The predicted molar refractivity (Wildman–Crippen MR) is 55.7 cm³/mol. The topological polar surface area (TPSA) is 60.2 Å². The van der Waals surface area contributed by atoms with Crippen molar-refractivity contribution in [1.29, 1.82) is 0 Å². The largest absolute Gasteiger partial charge is 0.322 e. The minimum absolute atomic E-state index is 0.0222. The van der Waals surface area contributed by atoms with E-state index in [9.17, 15) is 8.42 Å². The third kappa shape index (κ3) is 3.10. The summed E-state index contributed by atoms with van der Waals surface area (Å²) in [4.78, 5) is 0.963. The summed E-state index contributed by atoms with van der Waals surface area (Å²) in [5.74, 6) is 0.0222. The lowest BCUT2D eigenvalue weighted by Crippen LogP contribution is -2.20. The second-order valence-corrected chi connectivity index (χ2v) is 6.30. The zero-order chi connectivity index (χ0) is 10.1. The highest BCUT2D eigenvalue weighted by Gasteiger charge is 2.15.